The van der Waals surface area contributed by atoms with Crippen molar-refractivity contribution < 1.29 is 44.4 Å². The standard InChI is InChI=1S/C22H32N4O9S/c1-11(27)18(22(34)35)26-20(32)15(7-8-36-2)24-21(33)16(9-12-3-5-13(28)6-4-12)25-19(31)14(23)10-17(29)30/h3-6,11,14-16,18,27-28H,7-10,23H2,1-2H3,(H,24,33)(H,25,31)(H,26,32)(H,29,30)(H,34,35). The zero-order valence-electron chi connectivity index (χ0n) is 19.8. The third-order valence-corrected chi connectivity index (χ3v) is 5.67. The van der Waals surface area contributed by atoms with Gasteiger partial charge in [0.2, 0.25) is 17.7 Å². The number of hydrogen-bond acceptors (Lipinski definition) is 9. The van der Waals surface area contributed by atoms with Crippen molar-refractivity contribution in [3.05, 3.63) is 29.8 Å². The molecule has 13 nitrogen and oxygen atoms in total. The maximum Gasteiger partial charge on any atom is 0.328 e. The van der Waals surface area contributed by atoms with E-state index in [1.165, 1.54) is 43.0 Å². The highest BCUT2D eigenvalue weighted by Gasteiger charge is 2.32. The summed E-state index contributed by atoms with van der Waals surface area (Å²) in [4.78, 5) is 60.6. The van der Waals surface area contributed by atoms with Crippen molar-refractivity contribution in [1.29, 1.82) is 0 Å². The summed E-state index contributed by atoms with van der Waals surface area (Å²) in [6, 6.07) is 0.255. The van der Waals surface area contributed by atoms with Crippen LogP contribution < -0.4 is 21.7 Å². The number of aliphatic hydroxyl groups is 1. The molecule has 0 aliphatic rings. The topological polar surface area (TPSA) is 228 Å². The van der Waals surface area contributed by atoms with Gasteiger partial charge in [0, 0.05) is 6.42 Å². The number of benzene rings is 1. The van der Waals surface area contributed by atoms with Gasteiger partial charge < -0.3 is 42.1 Å². The smallest absolute Gasteiger partial charge is 0.328 e. The maximum absolute atomic E-state index is 13.1. The van der Waals surface area contributed by atoms with Gasteiger partial charge in [-0.05, 0) is 43.0 Å². The number of carbonyl (C=O) groups is 5. The number of aliphatic carboxylic acids is 2. The van der Waals surface area contributed by atoms with Crippen molar-refractivity contribution in [2.75, 3.05) is 12.0 Å². The van der Waals surface area contributed by atoms with Crippen molar-refractivity contribution >= 4 is 41.4 Å². The van der Waals surface area contributed by atoms with E-state index in [-0.39, 0.29) is 18.6 Å². The lowest BCUT2D eigenvalue weighted by Crippen LogP contribution is -2.58. The number of carboxylic acids is 2. The number of phenolic OH excluding ortho intramolecular Hbond substituents is 1. The summed E-state index contributed by atoms with van der Waals surface area (Å²) in [6.45, 7) is 1.19. The first-order valence-corrected chi connectivity index (χ1v) is 12.3. The summed E-state index contributed by atoms with van der Waals surface area (Å²) in [5, 5.41) is 44.3. The first-order chi connectivity index (χ1) is 16.8. The van der Waals surface area contributed by atoms with Gasteiger partial charge >= 0.3 is 11.9 Å². The summed E-state index contributed by atoms with van der Waals surface area (Å²) in [5.41, 5.74) is 6.14. The zero-order valence-corrected chi connectivity index (χ0v) is 20.7. The summed E-state index contributed by atoms with van der Waals surface area (Å²) in [5.74, 6) is -4.92. The van der Waals surface area contributed by atoms with Gasteiger partial charge in [-0.15, -0.1) is 0 Å². The molecule has 0 bridgehead atoms. The predicted molar refractivity (Wildman–Crippen MR) is 130 cm³/mol. The van der Waals surface area contributed by atoms with Crippen LogP contribution in [0.3, 0.4) is 0 Å². The van der Waals surface area contributed by atoms with E-state index < -0.39 is 66.4 Å². The van der Waals surface area contributed by atoms with Crippen LogP contribution in [-0.2, 0) is 30.4 Å². The Morgan fingerprint density at radius 1 is 0.944 bits per heavy atom. The summed E-state index contributed by atoms with van der Waals surface area (Å²) >= 11 is 1.38. The Morgan fingerprint density at radius 3 is 2.00 bits per heavy atom. The van der Waals surface area contributed by atoms with Gasteiger partial charge in [0.25, 0.3) is 0 Å². The fourth-order valence-corrected chi connectivity index (χ4v) is 3.53. The number of phenols is 1. The maximum atomic E-state index is 13.1. The van der Waals surface area contributed by atoms with Crippen LogP contribution in [0.5, 0.6) is 5.75 Å². The van der Waals surface area contributed by atoms with Crippen molar-refractivity contribution in [2.24, 2.45) is 5.73 Å². The van der Waals surface area contributed by atoms with E-state index in [1.54, 1.807) is 6.26 Å². The molecular weight excluding hydrogens is 496 g/mol. The van der Waals surface area contributed by atoms with Crippen molar-refractivity contribution in [3.63, 3.8) is 0 Å². The molecule has 1 rings (SSSR count). The number of rotatable bonds is 15. The van der Waals surface area contributed by atoms with Crippen LogP contribution in [0.15, 0.2) is 24.3 Å². The number of carbonyl (C=O) groups excluding carboxylic acids is 3. The van der Waals surface area contributed by atoms with Crippen LogP contribution in [0.1, 0.15) is 25.3 Å². The van der Waals surface area contributed by atoms with Gasteiger partial charge in [-0.3, -0.25) is 19.2 Å². The lowest BCUT2D eigenvalue weighted by atomic mass is 10.0. The highest BCUT2D eigenvalue weighted by atomic mass is 32.2. The normalized spacial score (nSPS) is 15.0. The monoisotopic (exact) mass is 528 g/mol. The minimum Gasteiger partial charge on any atom is -0.508 e. The molecule has 200 valence electrons. The molecule has 0 heterocycles. The zero-order chi connectivity index (χ0) is 27.4. The predicted octanol–water partition coefficient (Wildman–Crippen LogP) is -1.59. The molecule has 0 radical (unpaired) electrons. The Balaban J connectivity index is 3.13. The molecule has 0 aliphatic carbocycles. The SMILES string of the molecule is CSCCC(NC(=O)C(Cc1ccc(O)cc1)NC(=O)C(N)CC(=O)O)C(=O)NC(C(=O)O)C(C)O. The third-order valence-electron chi connectivity index (χ3n) is 5.03. The van der Waals surface area contributed by atoms with E-state index in [1.807, 2.05) is 0 Å². The fraction of sp³-hybridized carbons (Fsp3) is 0.500. The number of hydrogen-bond donors (Lipinski definition) is 8. The Labute approximate surface area is 211 Å². The Hall–Kier alpha value is -3.36. The minimum absolute atomic E-state index is 0.0211. The van der Waals surface area contributed by atoms with Gasteiger partial charge in [0.15, 0.2) is 6.04 Å². The Morgan fingerprint density at radius 2 is 1.50 bits per heavy atom. The molecule has 0 saturated heterocycles. The van der Waals surface area contributed by atoms with Gasteiger partial charge in [-0.1, -0.05) is 12.1 Å². The van der Waals surface area contributed by atoms with Gasteiger partial charge in [0.05, 0.1) is 18.6 Å². The van der Waals surface area contributed by atoms with Gasteiger partial charge in [-0.25, -0.2) is 4.79 Å². The molecule has 5 atom stereocenters. The lowest BCUT2D eigenvalue weighted by Gasteiger charge is -2.25. The molecule has 5 unspecified atom stereocenters. The number of amides is 3. The Kier molecular flexibility index (Phi) is 12.7. The molecule has 36 heavy (non-hydrogen) atoms. The molecule has 0 fully saturated rings. The highest BCUT2D eigenvalue weighted by Crippen LogP contribution is 2.12. The van der Waals surface area contributed by atoms with Crippen LogP contribution in [0.2, 0.25) is 0 Å². The second kappa shape index (κ2) is 14.9. The van der Waals surface area contributed by atoms with Crippen LogP contribution in [0.25, 0.3) is 0 Å². The van der Waals surface area contributed by atoms with Gasteiger partial charge in [0.1, 0.15) is 17.8 Å². The molecule has 3 amide bonds. The number of aliphatic hydroxyl groups excluding tert-OH is 1. The average molecular weight is 529 g/mol. The molecule has 0 aliphatic heterocycles. The quantitative estimate of drug-likeness (QED) is 0.129. The summed E-state index contributed by atoms with van der Waals surface area (Å²) in [6.07, 6.45) is -0.276. The average Bonchev–Trinajstić information content (AvgIpc) is 2.79. The van der Waals surface area contributed by atoms with Crippen molar-refractivity contribution in [1.82, 2.24) is 16.0 Å². The largest absolute Gasteiger partial charge is 0.508 e. The van der Waals surface area contributed by atoms with Crippen LogP contribution in [0, 0.1) is 0 Å². The number of carboxylic acid groups (broad SMARTS) is 2. The number of nitrogens with two attached hydrogens (primary N) is 1. The molecule has 0 spiro atoms. The van der Waals surface area contributed by atoms with E-state index in [2.05, 4.69) is 16.0 Å². The second-order valence-corrected chi connectivity index (χ2v) is 9.03. The molecule has 1 aromatic carbocycles. The van der Waals surface area contributed by atoms with Gasteiger partial charge in [-0.2, -0.15) is 11.8 Å². The van der Waals surface area contributed by atoms with E-state index >= 15 is 0 Å². The van der Waals surface area contributed by atoms with Crippen molar-refractivity contribution in [3.8, 4) is 5.75 Å². The Bertz CT molecular complexity index is 927. The third kappa shape index (κ3) is 10.5. The number of nitrogens with one attached hydrogen (secondary N) is 3. The molecule has 1 aromatic rings. The van der Waals surface area contributed by atoms with E-state index in [4.69, 9.17) is 10.8 Å². The second-order valence-electron chi connectivity index (χ2n) is 8.04. The summed E-state index contributed by atoms with van der Waals surface area (Å²) in [7, 11) is 0. The molecular formula is C22H32N4O9S. The fourth-order valence-electron chi connectivity index (χ4n) is 3.06. The molecule has 14 heteroatoms. The highest BCUT2D eigenvalue weighted by molar-refractivity contribution is 7.98. The first-order valence-electron chi connectivity index (χ1n) is 10.9. The van der Waals surface area contributed by atoms with Crippen LogP contribution >= 0.6 is 11.8 Å². The van der Waals surface area contributed by atoms with Crippen molar-refractivity contribution in [2.45, 2.75) is 56.5 Å². The molecule has 9 N–H and O–H groups in total. The number of thioether (sulfide) groups is 1. The molecule has 0 aromatic heterocycles. The molecule has 0 saturated carbocycles. The van der Waals surface area contributed by atoms with E-state index in [0.29, 0.717) is 11.3 Å². The minimum atomic E-state index is -1.60. The van der Waals surface area contributed by atoms with Crippen LogP contribution in [-0.4, -0.2) is 92.4 Å². The first kappa shape index (κ1) is 30.7. The van der Waals surface area contributed by atoms with Crippen LogP contribution in [0.4, 0.5) is 0 Å². The lowest BCUT2D eigenvalue weighted by molar-refractivity contribution is -0.145. The van der Waals surface area contributed by atoms with E-state index in [0.717, 1.165) is 0 Å². The number of aromatic hydroxyl groups is 1. The van der Waals surface area contributed by atoms with E-state index in [9.17, 15) is 39.3 Å². The summed E-state index contributed by atoms with van der Waals surface area (Å²) < 4.78 is 0.